The van der Waals surface area contributed by atoms with Crippen LogP contribution >= 0.6 is 24.0 Å². The molecule has 0 unspecified atom stereocenters. The molecule has 3 aromatic rings. The number of aryl methyl sites for hydroxylation is 1. The molecular formula is C26H31Cl2FN4O2. The average molecular weight is 521 g/mol. The van der Waals surface area contributed by atoms with Crippen molar-refractivity contribution in [1.29, 1.82) is 0 Å². The molecular weight excluding hydrogens is 490 g/mol. The van der Waals surface area contributed by atoms with E-state index >= 15 is 0 Å². The second-order valence-corrected chi connectivity index (χ2v) is 9.58. The van der Waals surface area contributed by atoms with Crippen LogP contribution in [0.2, 0.25) is 5.02 Å². The number of hydrogen-bond acceptors (Lipinski definition) is 4. The van der Waals surface area contributed by atoms with Gasteiger partial charge in [-0.25, -0.2) is 4.39 Å². The minimum atomic E-state index is -0.257. The van der Waals surface area contributed by atoms with Crippen molar-refractivity contribution >= 4 is 35.7 Å². The van der Waals surface area contributed by atoms with Crippen molar-refractivity contribution < 1.29 is 13.9 Å². The van der Waals surface area contributed by atoms with E-state index in [0.717, 1.165) is 29.1 Å². The average Bonchev–Trinajstić information content (AvgIpc) is 3.14. The van der Waals surface area contributed by atoms with Crippen LogP contribution in [0.25, 0.3) is 0 Å². The number of carbonyl (C=O) groups is 1. The third-order valence-electron chi connectivity index (χ3n) is 5.78. The second kappa shape index (κ2) is 11.9. The van der Waals surface area contributed by atoms with Crippen molar-refractivity contribution in [2.45, 2.75) is 33.9 Å². The molecule has 2 aromatic carbocycles. The lowest BCUT2D eigenvalue weighted by Crippen LogP contribution is -2.50. The van der Waals surface area contributed by atoms with Gasteiger partial charge in [-0.05, 0) is 48.7 Å². The second-order valence-electron chi connectivity index (χ2n) is 9.14. The Balaban J connectivity index is 0.00000342. The fourth-order valence-corrected chi connectivity index (χ4v) is 4.16. The lowest BCUT2D eigenvalue weighted by Gasteiger charge is -2.33. The number of ether oxygens (including phenoxy) is 1. The first kappa shape index (κ1) is 27.0. The van der Waals surface area contributed by atoms with E-state index in [4.69, 9.17) is 21.4 Å². The maximum absolute atomic E-state index is 13.2. The molecule has 35 heavy (non-hydrogen) atoms. The summed E-state index contributed by atoms with van der Waals surface area (Å²) < 4.78 is 21.0. The fraction of sp³-hybridized carbons (Fsp3) is 0.385. The third kappa shape index (κ3) is 6.97. The van der Waals surface area contributed by atoms with Gasteiger partial charge >= 0.3 is 0 Å². The van der Waals surface area contributed by atoms with Crippen LogP contribution in [0.4, 0.5) is 10.2 Å². The topological polar surface area (TPSA) is 50.6 Å². The van der Waals surface area contributed by atoms with Crippen molar-refractivity contribution in [3.63, 3.8) is 0 Å². The molecule has 1 aromatic heterocycles. The summed E-state index contributed by atoms with van der Waals surface area (Å²) in [6.07, 6.45) is 0. The quantitative estimate of drug-likeness (QED) is 0.402. The molecule has 9 heteroatoms. The van der Waals surface area contributed by atoms with Crippen molar-refractivity contribution in [3.8, 4) is 5.75 Å². The van der Waals surface area contributed by atoms with Crippen molar-refractivity contribution in [1.82, 2.24) is 14.7 Å². The van der Waals surface area contributed by atoms with E-state index in [2.05, 4.69) is 18.7 Å². The summed E-state index contributed by atoms with van der Waals surface area (Å²) in [6.45, 7) is 9.49. The van der Waals surface area contributed by atoms with E-state index in [-0.39, 0.29) is 24.1 Å². The van der Waals surface area contributed by atoms with Crippen LogP contribution in [0.5, 0.6) is 5.75 Å². The molecule has 188 valence electrons. The Morgan fingerprint density at radius 3 is 2.51 bits per heavy atom. The molecule has 0 radical (unpaired) electrons. The van der Waals surface area contributed by atoms with Gasteiger partial charge in [0.15, 0.2) is 5.82 Å². The summed E-state index contributed by atoms with van der Waals surface area (Å²) >= 11 is 6.25. The zero-order chi connectivity index (χ0) is 24.2. The predicted octanol–water partition coefficient (Wildman–Crippen LogP) is 5.34. The maximum Gasteiger partial charge on any atom is 0.242 e. The number of carbonyl (C=O) groups excluding carboxylic acids is 1. The Bertz CT molecular complexity index is 1150. The Morgan fingerprint density at radius 1 is 1.09 bits per heavy atom. The highest BCUT2D eigenvalue weighted by Gasteiger charge is 2.27. The minimum absolute atomic E-state index is 0. The van der Waals surface area contributed by atoms with Crippen LogP contribution in [-0.4, -0.2) is 46.8 Å². The molecule has 0 aliphatic carbocycles. The van der Waals surface area contributed by atoms with E-state index < -0.39 is 0 Å². The van der Waals surface area contributed by atoms with Crippen LogP contribution in [0.3, 0.4) is 0 Å². The van der Waals surface area contributed by atoms with Crippen molar-refractivity contribution in [3.05, 3.63) is 76.2 Å². The van der Waals surface area contributed by atoms with Crippen LogP contribution in [0, 0.1) is 18.7 Å². The summed E-state index contributed by atoms with van der Waals surface area (Å²) in [5, 5.41) is 5.37. The lowest BCUT2D eigenvalue weighted by molar-refractivity contribution is -0.121. The Morgan fingerprint density at radius 2 is 1.83 bits per heavy atom. The number of nitrogens with zero attached hydrogens (tertiary/aromatic N) is 4. The highest BCUT2D eigenvalue weighted by atomic mass is 35.5. The first-order chi connectivity index (χ1) is 16.3. The van der Waals surface area contributed by atoms with Gasteiger partial charge in [0.05, 0.1) is 19.7 Å². The molecule has 1 fully saturated rings. The molecule has 1 amide bonds. The first-order valence-corrected chi connectivity index (χ1v) is 11.9. The van der Waals surface area contributed by atoms with Gasteiger partial charge < -0.3 is 4.74 Å². The largest absolute Gasteiger partial charge is 0.493 e. The SMILES string of the molecule is Cc1cc(N2CCN(Cc3ccc(F)cc3)CC2=O)nn1Cc1cc(Cl)ccc1OCC(C)C.Cl. The number of hydrogen-bond donors (Lipinski definition) is 0. The number of anilines is 1. The van der Waals surface area contributed by atoms with Crippen molar-refractivity contribution in [2.75, 3.05) is 31.1 Å². The summed E-state index contributed by atoms with van der Waals surface area (Å²) in [4.78, 5) is 16.7. The third-order valence-corrected chi connectivity index (χ3v) is 6.01. The van der Waals surface area contributed by atoms with E-state index in [9.17, 15) is 9.18 Å². The smallest absolute Gasteiger partial charge is 0.242 e. The van der Waals surface area contributed by atoms with E-state index in [0.29, 0.717) is 49.5 Å². The summed E-state index contributed by atoms with van der Waals surface area (Å²) in [5.41, 5.74) is 2.88. The number of benzene rings is 2. The maximum atomic E-state index is 13.2. The van der Waals surface area contributed by atoms with E-state index in [1.807, 2.05) is 35.9 Å². The highest BCUT2D eigenvalue weighted by molar-refractivity contribution is 6.30. The molecule has 1 aliphatic rings. The molecule has 6 nitrogen and oxygen atoms in total. The zero-order valence-electron chi connectivity index (χ0n) is 20.2. The summed E-state index contributed by atoms with van der Waals surface area (Å²) in [6, 6.07) is 14.0. The van der Waals surface area contributed by atoms with Crippen LogP contribution in [0.1, 0.15) is 30.7 Å². The molecule has 1 saturated heterocycles. The van der Waals surface area contributed by atoms with Gasteiger partial charge in [-0.2, -0.15) is 5.10 Å². The number of amides is 1. The molecule has 0 atom stereocenters. The number of aromatic nitrogens is 2. The van der Waals surface area contributed by atoms with Gasteiger partial charge in [-0.3, -0.25) is 19.3 Å². The van der Waals surface area contributed by atoms with Crippen LogP contribution in [0.15, 0.2) is 48.5 Å². The van der Waals surface area contributed by atoms with Gasteiger partial charge in [0, 0.05) is 42.0 Å². The molecule has 0 bridgehead atoms. The number of rotatable bonds is 8. The molecule has 1 aliphatic heterocycles. The molecule has 0 N–H and O–H groups in total. The van der Waals surface area contributed by atoms with Gasteiger partial charge in [-0.15, -0.1) is 12.4 Å². The standard InChI is InChI=1S/C26H30ClFN4O2.ClH/c1-18(2)17-34-24-9-6-22(27)13-21(24)15-32-19(3)12-25(29-32)31-11-10-30(16-26(31)33)14-20-4-7-23(28)8-5-20;/h4-9,12-13,18H,10-11,14-17H2,1-3H3;1H. The number of halogens is 3. The zero-order valence-corrected chi connectivity index (χ0v) is 21.8. The summed E-state index contributed by atoms with van der Waals surface area (Å²) in [5.74, 6) is 1.60. The minimum Gasteiger partial charge on any atom is -0.493 e. The monoisotopic (exact) mass is 520 g/mol. The van der Waals surface area contributed by atoms with Crippen LogP contribution < -0.4 is 9.64 Å². The lowest BCUT2D eigenvalue weighted by atomic mass is 10.2. The van der Waals surface area contributed by atoms with Gasteiger partial charge in [0.1, 0.15) is 11.6 Å². The highest BCUT2D eigenvalue weighted by Crippen LogP contribution is 2.26. The molecule has 2 heterocycles. The molecule has 0 saturated carbocycles. The molecule has 0 spiro atoms. The Kier molecular flexibility index (Phi) is 9.16. The van der Waals surface area contributed by atoms with Gasteiger partial charge in [-0.1, -0.05) is 37.6 Å². The normalized spacial score (nSPS) is 14.3. The van der Waals surface area contributed by atoms with Crippen LogP contribution in [-0.2, 0) is 17.9 Å². The van der Waals surface area contributed by atoms with Crippen molar-refractivity contribution in [2.24, 2.45) is 5.92 Å². The van der Waals surface area contributed by atoms with Gasteiger partial charge in [0.2, 0.25) is 5.91 Å². The molecule has 4 rings (SSSR count). The van der Waals surface area contributed by atoms with E-state index in [1.165, 1.54) is 12.1 Å². The van der Waals surface area contributed by atoms with E-state index in [1.54, 1.807) is 17.0 Å². The number of piperazine rings is 1. The predicted molar refractivity (Wildman–Crippen MR) is 139 cm³/mol. The van der Waals surface area contributed by atoms with Gasteiger partial charge in [0.25, 0.3) is 0 Å². The Hall–Kier alpha value is -2.61. The summed E-state index contributed by atoms with van der Waals surface area (Å²) in [7, 11) is 0. The first-order valence-electron chi connectivity index (χ1n) is 11.5. The fourth-order valence-electron chi connectivity index (χ4n) is 3.96. The Labute approximate surface area is 217 Å².